The predicted octanol–water partition coefficient (Wildman–Crippen LogP) is 3.44. The zero-order valence-electron chi connectivity index (χ0n) is 14.1. The molecule has 136 valence electrons. The van der Waals surface area contributed by atoms with E-state index in [0.29, 0.717) is 18.4 Å². The Morgan fingerprint density at radius 2 is 2.00 bits per heavy atom. The molecule has 0 aromatic carbocycles. The Hall–Kier alpha value is -2.25. The number of Topliss-reactive ketones (excluding diaryl/α,β-unsaturated/α-hetero) is 1. The van der Waals surface area contributed by atoms with E-state index in [0.717, 1.165) is 0 Å². The lowest BCUT2D eigenvalue weighted by atomic mass is 9.79. The number of hydrogen-bond donors (Lipinski definition) is 0. The smallest absolute Gasteiger partial charge is 0.421 e. The quantitative estimate of drug-likeness (QED) is 0.613. The molecule has 8 heteroatoms. The number of nitrogens with zero attached hydrogens (tertiary/aromatic N) is 1. The molecule has 1 aromatic rings. The number of carbonyl (C=O) groups is 2. The molecule has 0 unspecified atom stereocenters. The molecule has 1 spiro atoms. The first-order chi connectivity index (χ1) is 11.6. The fourth-order valence-corrected chi connectivity index (χ4v) is 3.28. The molecule has 3 rings (SSSR count). The van der Waals surface area contributed by atoms with Crippen molar-refractivity contribution in [2.24, 2.45) is 5.41 Å². The lowest BCUT2D eigenvalue weighted by Gasteiger charge is -2.25. The average Bonchev–Trinajstić information content (AvgIpc) is 3.13. The Morgan fingerprint density at radius 1 is 1.36 bits per heavy atom. The molecule has 1 fully saturated rings. The van der Waals surface area contributed by atoms with Crippen molar-refractivity contribution in [3.8, 4) is 0 Å². The van der Waals surface area contributed by atoms with E-state index in [1.807, 2.05) is 0 Å². The number of rotatable bonds is 3. The van der Waals surface area contributed by atoms with Crippen LogP contribution in [0.25, 0.3) is 0 Å². The molecule has 0 saturated heterocycles. The van der Waals surface area contributed by atoms with Crippen LogP contribution in [0.2, 0.25) is 0 Å². The molecule has 1 heterocycles. The maximum absolute atomic E-state index is 13.6. The van der Waals surface area contributed by atoms with Crippen molar-refractivity contribution in [1.82, 2.24) is 4.90 Å². The number of fused-ring (bicyclic) bond motifs is 1. The number of ketones is 1. The maximum atomic E-state index is 13.6. The van der Waals surface area contributed by atoms with E-state index in [4.69, 9.17) is 4.42 Å². The van der Waals surface area contributed by atoms with Crippen molar-refractivity contribution < 1.29 is 31.9 Å². The Morgan fingerprint density at radius 3 is 2.48 bits per heavy atom. The van der Waals surface area contributed by atoms with Gasteiger partial charge >= 0.3 is 12.1 Å². The third-order valence-corrected chi connectivity index (χ3v) is 4.51. The molecule has 5 nitrogen and oxygen atoms in total. The third-order valence-electron chi connectivity index (χ3n) is 4.51. The van der Waals surface area contributed by atoms with E-state index in [9.17, 15) is 22.8 Å². The second kappa shape index (κ2) is 5.64. The van der Waals surface area contributed by atoms with E-state index in [-0.39, 0.29) is 18.8 Å². The third kappa shape index (κ3) is 2.83. The molecular formula is C17H18F3NO4. The van der Waals surface area contributed by atoms with E-state index in [1.165, 1.54) is 6.92 Å². The van der Waals surface area contributed by atoms with Gasteiger partial charge in [-0.1, -0.05) is 0 Å². The standard InChI is InChI=1S/C17H18F3NO4/c1-4-24-15(23)14-12(17(18,19)20)11-10(25-14)7-16(5-6-16)9(13(11)22)8-21(2)3/h8H,4-7H2,1-3H3. The highest BCUT2D eigenvalue weighted by atomic mass is 19.4. The zero-order chi connectivity index (χ0) is 18.6. The van der Waals surface area contributed by atoms with Crippen LogP contribution in [-0.2, 0) is 17.3 Å². The van der Waals surface area contributed by atoms with Crippen LogP contribution in [-0.4, -0.2) is 37.4 Å². The molecule has 1 saturated carbocycles. The summed E-state index contributed by atoms with van der Waals surface area (Å²) in [6.45, 7) is 1.39. The summed E-state index contributed by atoms with van der Waals surface area (Å²) in [7, 11) is 3.41. The highest BCUT2D eigenvalue weighted by Gasteiger charge is 2.57. The van der Waals surface area contributed by atoms with Crippen LogP contribution in [0, 0.1) is 5.41 Å². The predicted molar refractivity (Wildman–Crippen MR) is 81.1 cm³/mol. The number of carbonyl (C=O) groups excluding carboxylic acids is 2. The van der Waals surface area contributed by atoms with Crippen molar-refractivity contribution in [3.63, 3.8) is 0 Å². The second-order valence-corrected chi connectivity index (χ2v) is 6.62. The molecule has 0 N–H and O–H groups in total. The van der Waals surface area contributed by atoms with Crippen LogP contribution in [0.5, 0.6) is 0 Å². The van der Waals surface area contributed by atoms with Gasteiger partial charge in [0.05, 0.1) is 12.2 Å². The molecule has 2 aliphatic carbocycles. The lowest BCUT2D eigenvalue weighted by Crippen LogP contribution is -2.28. The van der Waals surface area contributed by atoms with Crippen molar-refractivity contribution in [2.45, 2.75) is 32.4 Å². The molecule has 0 amide bonds. The fourth-order valence-electron chi connectivity index (χ4n) is 3.28. The summed E-state index contributed by atoms with van der Waals surface area (Å²) in [6, 6.07) is 0. The van der Waals surface area contributed by atoms with E-state index in [1.54, 1.807) is 25.2 Å². The average molecular weight is 357 g/mol. The van der Waals surface area contributed by atoms with Crippen LogP contribution >= 0.6 is 0 Å². The van der Waals surface area contributed by atoms with Gasteiger partial charge in [-0.25, -0.2) is 4.79 Å². The summed E-state index contributed by atoms with van der Waals surface area (Å²) in [4.78, 5) is 26.4. The molecule has 0 radical (unpaired) electrons. The lowest BCUT2D eigenvalue weighted by molar-refractivity contribution is -0.138. The van der Waals surface area contributed by atoms with Crippen molar-refractivity contribution in [1.29, 1.82) is 0 Å². The summed E-state index contributed by atoms with van der Waals surface area (Å²) in [5.41, 5.74) is -2.03. The summed E-state index contributed by atoms with van der Waals surface area (Å²) in [6.07, 6.45) is -1.75. The van der Waals surface area contributed by atoms with E-state index >= 15 is 0 Å². The van der Waals surface area contributed by atoms with Gasteiger partial charge in [0.25, 0.3) is 0 Å². The first-order valence-electron chi connectivity index (χ1n) is 7.94. The van der Waals surface area contributed by atoms with Gasteiger partial charge in [-0.05, 0) is 19.8 Å². The number of ether oxygens (including phenoxy) is 1. The first-order valence-corrected chi connectivity index (χ1v) is 7.94. The van der Waals surface area contributed by atoms with Crippen LogP contribution in [0.15, 0.2) is 16.2 Å². The van der Waals surface area contributed by atoms with Crippen LogP contribution < -0.4 is 0 Å². The fraction of sp³-hybridized carbons (Fsp3) is 0.529. The molecule has 25 heavy (non-hydrogen) atoms. The summed E-state index contributed by atoms with van der Waals surface area (Å²) >= 11 is 0. The monoisotopic (exact) mass is 357 g/mol. The van der Waals surface area contributed by atoms with Crippen LogP contribution in [0.1, 0.15) is 52.0 Å². The topological polar surface area (TPSA) is 59.8 Å². The van der Waals surface area contributed by atoms with Gasteiger partial charge in [0.2, 0.25) is 5.76 Å². The number of alkyl halides is 3. The van der Waals surface area contributed by atoms with Gasteiger partial charge in [0.1, 0.15) is 11.3 Å². The van der Waals surface area contributed by atoms with Gasteiger partial charge in [-0.3, -0.25) is 4.79 Å². The molecular weight excluding hydrogens is 339 g/mol. The minimum atomic E-state index is -4.90. The minimum Gasteiger partial charge on any atom is -0.460 e. The van der Waals surface area contributed by atoms with Gasteiger partial charge in [-0.15, -0.1) is 0 Å². The number of furan rings is 1. The van der Waals surface area contributed by atoms with Gasteiger partial charge in [0, 0.05) is 37.7 Å². The van der Waals surface area contributed by atoms with Gasteiger partial charge < -0.3 is 14.1 Å². The zero-order valence-corrected chi connectivity index (χ0v) is 14.1. The molecule has 0 atom stereocenters. The minimum absolute atomic E-state index is 0.0752. The highest BCUT2D eigenvalue weighted by Crippen LogP contribution is 2.59. The van der Waals surface area contributed by atoms with E-state index < -0.39 is 40.2 Å². The summed E-state index contributed by atoms with van der Waals surface area (Å²) in [5, 5.41) is 0. The Bertz CT molecular complexity index is 770. The first kappa shape index (κ1) is 17.6. The van der Waals surface area contributed by atoms with Crippen molar-refractivity contribution in [2.75, 3.05) is 20.7 Å². The number of hydrogen-bond acceptors (Lipinski definition) is 5. The van der Waals surface area contributed by atoms with Crippen molar-refractivity contribution in [3.05, 3.63) is 34.4 Å². The highest BCUT2D eigenvalue weighted by molar-refractivity contribution is 6.14. The molecule has 1 aromatic heterocycles. The Kier molecular flexibility index (Phi) is 3.96. The Labute approximate surface area is 142 Å². The van der Waals surface area contributed by atoms with E-state index in [2.05, 4.69) is 4.74 Å². The molecule has 0 bridgehead atoms. The van der Waals surface area contributed by atoms with Crippen LogP contribution in [0.4, 0.5) is 13.2 Å². The van der Waals surface area contributed by atoms with Crippen LogP contribution in [0.3, 0.4) is 0 Å². The van der Waals surface area contributed by atoms with Gasteiger partial charge in [0.15, 0.2) is 5.78 Å². The second-order valence-electron chi connectivity index (χ2n) is 6.62. The Balaban J connectivity index is 2.20. The van der Waals surface area contributed by atoms with Crippen molar-refractivity contribution >= 4 is 11.8 Å². The maximum Gasteiger partial charge on any atom is 0.421 e. The number of halogens is 3. The SMILES string of the molecule is CCOC(=O)c1oc2c(c1C(F)(F)F)C(=O)C(=CN(C)C)C1(CC1)C2. The number of esters is 1. The number of allylic oxidation sites excluding steroid dienone is 1. The largest absolute Gasteiger partial charge is 0.460 e. The summed E-state index contributed by atoms with van der Waals surface area (Å²) < 4.78 is 50.7. The van der Waals surface area contributed by atoms with Gasteiger partial charge in [-0.2, -0.15) is 13.2 Å². The summed E-state index contributed by atoms with van der Waals surface area (Å²) in [5.74, 6) is -2.94. The molecule has 0 aliphatic heterocycles. The molecule has 2 aliphatic rings. The normalized spacial score (nSPS) is 19.9.